The largest absolute Gasteiger partial charge is 0.375 e. The summed E-state index contributed by atoms with van der Waals surface area (Å²) in [6.45, 7) is 6.46. The van der Waals surface area contributed by atoms with Gasteiger partial charge in [0.2, 0.25) is 0 Å². The molecule has 1 aliphatic rings. The average molecular weight is 342 g/mol. The Kier molecular flexibility index (Phi) is 4.81. The van der Waals surface area contributed by atoms with E-state index in [0.29, 0.717) is 16.7 Å². The second-order valence-corrected chi connectivity index (χ2v) is 6.80. The molecular formula is C15H20BrNO3. The van der Waals surface area contributed by atoms with Crippen LogP contribution in [0.1, 0.15) is 26.3 Å². The van der Waals surface area contributed by atoms with Gasteiger partial charge in [-0.3, -0.25) is 10.1 Å². The maximum absolute atomic E-state index is 10.6. The van der Waals surface area contributed by atoms with E-state index in [0.717, 1.165) is 12.0 Å². The second kappa shape index (κ2) is 6.22. The third-order valence-electron chi connectivity index (χ3n) is 4.31. The molecule has 0 saturated carbocycles. The molecule has 2 rings (SSSR count). The molecule has 0 spiro atoms. The number of nitro groups is 1. The molecule has 0 bridgehead atoms. The van der Waals surface area contributed by atoms with Crippen LogP contribution in [-0.2, 0) is 11.2 Å². The Morgan fingerprint density at radius 3 is 2.30 bits per heavy atom. The fourth-order valence-electron chi connectivity index (χ4n) is 3.03. The van der Waals surface area contributed by atoms with E-state index in [1.54, 1.807) is 12.1 Å². The Hall–Kier alpha value is -0.940. The summed E-state index contributed by atoms with van der Waals surface area (Å²) >= 11 is 3.78. The van der Waals surface area contributed by atoms with Crippen LogP contribution in [0.25, 0.3) is 0 Å². The lowest BCUT2D eigenvalue weighted by molar-refractivity contribution is -0.384. The number of halogens is 1. The third-order valence-corrected chi connectivity index (χ3v) is 5.25. The summed E-state index contributed by atoms with van der Waals surface area (Å²) in [5.74, 6) is 0.965. The minimum absolute atomic E-state index is 0.138. The molecule has 1 heterocycles. The van der Waals surface area contributed by atoms with Crippen molar-refractivity contribution in [2.24, 2.45) is 11.8 Å². The van der Waals surface area contributed by atoms with Crippen LogP contribution in [-0.4, -0.2) is 22.0 Å². The molecule has 1 aromatic rings. The van der Waals surface area contributed by atoms with Gasteiger partial charge in [0.25, 0.3) is 5.69 Å². The summed E-state index contributed by atoms with van der Waals surface area (Å²) in [6, 6.07) is 6.80. The molecule has 20 heavy (non-hydrogen) atoms. The highest BCUT2D eigenvalue weighted by Gasteiger charge is 2.40. The summed E-state index contributed by atoms with van der Waals surface area (Å²) < 4.78 is 5.88. The van der Waals surface area contributed by atoms with E-state index in [2.05, 4.69) is 36.7 Å². The van der Waals surface area contributed by atoms with E-state index in [9.17, 15) is 10.1 Å². The summed E-state index contributed by atoms with van der Waals surface area (Å²) in [6.07, 6.45) is 1.38. The first kappa shape index (κ1) is 15.4. The summed E-state index contributed by atoms with van der Waals surface area (Å²) in [5.41, 5.74) is 1.25. The van der Waals surface area contributed by atoms with E-state index in [4.69, 9.17) is 4.74 Å². The van der Waals surface area contributed by atoms with E-state index >= 15 is 0 Å². The summed E-state index contributed by atoms with van der Waals surface area (Å²) in [4.78, 5) is 10.6. The molecule has 110 valence electrons. The molecule has 5 unspecified atom stereocenters. The molecule has 1 aliphatic heterocycles. The minimum atomic E-state index is -0.369. The van der Waals surface area contributed by atoms with E-state index in [-0.39, 0.29) is 22.8 Å². The van der Waals surface area contributed by atoms with Crippen molar-refractivity contribution >= 4 is 21.6 Å². The number of hydrogen-bond donors (Lipinski definition) is 0. The van der Waals surface area contributed by atoms with Crippen molar-refractivity contribution in [1.29, 1.82) is 0 Å². The molecule has 0 aromatic heterocycles. The van der Waals surface area contributed by atoms with Gasteiger partial charge in [0.1, 0.15) is 0 Å². The standard InChI is InChI=1S/C15H20BrNO3/c1-9-10(2)20-11(3)15(9)14(16)8-12-4-6-13(7-5-12)17(18)19/h4-7,9-11,14-15H,8H2,1-3H3. The predicted molar refractivity (Wildman–Crippen MR) is 82.2 cm³/mol. The highest BCUT2D eigenvalue weighted by Crippen LogP contribution is 2.38. The third kappa shape index (κ3) is 3.20. The quantitative estimate of drug-likeness (QED) is 0.473. The molecule has 1 saturated heterocycles. The summed E-state index contributed by atoms with van der Waals surface area (Å²) in [5, 5.41) is 10.6. The Morgan fingerprint density at radius 2 is 1.85 bits per heavy atom. The van der Waals surface area contributed by atoms with Crippen LogP contribution in [0, 0.1) is 22.0 Å². The Bertz CT molecular complexity index is 477. The molecule has 1 aromatic carbocycles. The molecule has 5 heteroatoms. The van der Waals surface area contributed by atoms with Gasteiger partial charge in [-0.2, -0.15) is 0 Å². The highest BCUT2D eigenvalue weighted by atomic mass is 79.9. The van der Waals surface area contributed by atoms with Crippen LogP contribution in [0.5, 0.6) is 0 Å². The number of rotatable bonds is 4. The van der Waals surface area contributed by atoms with Gasteiger partial charge in [-0.05, 0) is 31.7 Å². The predicted octanol–water partition coefficient (Wildman–Crippen LogP) is 3.96. The maximum atomic E-state index is 10.6. The molecule has 4 nitrogen and oxygen atoms in total. The van der Waals surface area contributed by atoms with Crippen LogP contribution in [0.2, 0.25) is 0 Å². The molecular weight excluding hydrogens is 322 g/mol. The maximum Gasteiger partial charge on any atom is 0.269 e. The summed E-state index contributed by atoms with van der Waals surface area (Å²) in [7, 11) is 0. The van der Waals surface area contributed by atoms with E-state index in [1.807, 2.05) is 12.1 Å². The SMILES string of the molecule is CC1OC(C)C(C(Br)Cc2ccc([N+](=O)[O-])cc2)C1C. The van der Waals surface area contributed by atoms with Crippen LogP contribution < -0.4 is 0 Å². The van der Waals surface area contributed by atoms with Crippen molar-refractivity contribution in [3.8, 4) is 0 Å². The highest BCUT2D eigenvalue weighted by molar-refractivity contribution is 9.09. The van der Waals surface area contributed by atoms with Gasteiger partial charge in [-0.25, -0.2) is 0 Å². The van der Waals surface area contributed by atoms with Crippen molar-refractivity contribution in [3.63, 3.8) is 0 Å². The Balaban J connectivity index is 2.04. The zero-order valence-corrected chi connectivity index (χ0v) is 13.5. The Labute approximate surface area is 127 Å². The molecule has 1 fully saturated rings. The average Bonchev–Trinajstić information content (AvgIpc) is 2.63. The van der Waals surface area contributed by atoms with E-state index in [1.165, 1.54) is 0 Å². The van der Waals surface area contributed by atoms with E-state index < -0.39 is 0 Å². The second-order valence-electron chi connectivity index (χ2n) is 5.63. The van der Waals surface area contributed by atoms with Gasteiger partial charge in [0, 0.05) is 22.9 Å². The lowest BCUT2D eigenvalue weighted by Crippen LogP contribution is -2.28. The number of alkyl halides is 1. The van der Waals surface area contributed by atoms with Crippen LogP contribution in [0.4, 0.5) is 5.69 Å². The van der Waals surface area contributed by atoms with Gasteiger partial charge < -0.3 is 4.74 Å². The van der Waals surface area contributed by atoms with Gasteiger partial charge in [-0.1, -0.05) is 35.0 Å². The van der Waals surface area contributed by atoms with Crippen molar-refractivity contribution in [1.82, 2.24) is 0 Å². The monoisotopic (exact) mass is 341 g/mol. The van der Waals surface area contributed by atoms with Crippen LogP contribution >= 0.6 is 15.9 Å². The first-order valence-corrected chi connectivity index (χ1v) is 7.84. The zero-order valence-electron chi connectivity index (χ0n) is 12.0. The van der Waals surface area contributed by atoms with Crippen LogP contribution in [0.3, 0.4) is 0 Å². The van der Waals surface area contributed by atoms with Gasteiger partial charge in [0.15, 0.2) is 0 Å². The number of nitrogens with zero attached hydrogens (tertiary/aromatic N) is 1. The Morgan fingerprint density at radius 1 is 1.25 bits per heavy atom. The molecule has 0 aliphatic carbocycles. The molecule has 5 atom stereocenters. The fourth-order valence-corrected chi connectivity index (χ4v) is 4.32. The zero-order chi connectivity index (χ0) is 14.9. The molecule has 0 amide bonds. The molecule has 0 N–H and O–H groups in total. The van der Waals surface area contributed by atoms with Gasteiger partial charge in [-0.15, -0.1) is 0 Å². The normalized spacial score (nSPS) is 31.2. The smallest absolute Gasteiger partial charge is 0.269 e. The van der Waals surface area contributed by atoms with Crippen LogP contribution in [0.15, 0.2) is 24.3 Å². The van der Waals surface area contributed by atoms with Crippen molar-refractivity contribution < 1.29 is 9.66 Å². The first-order valence-electron chi connectivity index (χ1n) is 6.93. The van der Waals surface area contributed by atoms with Gasteiger partial charge in [0.05, 0.1) is 17.1 Å². The lowest BCUT2D eigenvalue weighted by atomic mass is 9.85. The van der Waals surface area contributed by atoms with Crippen molar-refractivity contribution in [2.75, 3.05) is 0 Å². The lowest BCUT2D eigenvalue weighted by Gasteiger charge is -2.24. The molecule has 0 radical (unpaired) electrons. The number of non-ortho nitro benzene ring substituents is 1. The van der Waals surface area contributed by atoms with Crippen molar-refractivity contribution in [3.05, 3.63) is 39.9 Å². The fraction of sp³-hybridized carbons (Fsp3) is 0.600. The first-order chi connectivity index (χ1) is 9.40. The van der Waals surface area contributed by atoms with Crippen molar-refractivity contribution in [2.45, 2.75) is 44.2 Å². The number of nitro benzene ring substituents is 1. The topological polar surface area (TPSA) is 52.4 Å². The number of ether oxygens (including phenoxy) is 1. The minimum Gasteiger partial charge on any atom is -0.375 e. The number of benzene rings is 1. The van der Waals surface area contributed by atoms with Gasteiger partial charge >= 0.3 is 0 Å². The number of hydrogen-bond acceptors (Lipinski definition) is 3.